The Morgan fingerprint density at radius 3 is 2.13 bits per heavy atom. The summed E-state index contributed by atoms with van der Waals surface area (Å²) in [6, 6.07) is 17.7. The second-order valence-corrected chi connectivity index (χ2v) is 10.8. The van der Waals surface area contributed by atoms with Gasteiger partial charge < -0.3 is 35.1 Å². The molecule has 2 heterocycles. The zero-order chi connectivity index (χ0) is 33.5. The van der Waals surface area contributed by atoms with E-state index in [4.69, 9.17) is 24.4 Å². The van der Waals surface area contributed by atoms with Crippen LogP contribution in [0.2, 0.25) is 0 Å². The third-order valence-corrected chi connectivity index (χ3v) is 6.99. The second kappa shape index (κ2) is 14.4. The summed E-state index contributed by atoms with van der Waals surface area (Å²) in [6.07, 6.45) is -0.355. The fourth-order valence-electron chi connectivity index (χ4n) is 4.68. The molecule has 0 aliphatic rings. The molecule has 0 aliphatic carbocycles. The van der Waals surface area contributed by atoms with Crippen molar-refractivity contribution < 1.29 is 38.8 Å². The number of H-pyrrole nitrogens is 1. The number of hydrogen-bond donors (Lipinski definition) is 5. The Hall–Kier alpha value is -6.05. The number of aromatic amines is 1. The zero-order valence-corrected chi connectivity index (χ0v) is 26.0. The number of nitrogens with zero attached hydrogens (tertiary/aromatic N) is 3. The zero-order valence-electron chi connectivity index (χ0n) is 26.0. The van der Waals surface area contributed by atoms with Crippen LogP contribution in [0.5, 0.6) is 17.2 Å². The van der Waals surface area contributed by atoms with Gasteiger partial charge in [-0.05, 0) is 68.8 Å². The van der Waals surface area contributed by atoms with Crippen LogP contribution in [0.1, 0.15) is 40.2 Å². The van der Waals surface area contributed by atoms with Gasteiger partial charge in [-0.3, -0.25) is 19.5 Å². The molecule has 47 heavy (non-hydrogen) atoms. The number of rotatable bonds is 15. The van der Waals surface area contributed by atoms with Gasteiger partial charge in [0.15, 0.2) is 23.9 Å². The molecule has 0 unspecified atom stereocenters. The van der Waals surface area contributed by atoms with E-state index in [1.54, 1.807) is 47.0 Å². The van der Waals surface area contributed by atoms with Crippen molar-refractivity contribution in [2.24, 2.45) is 0 Å². The molecule has 5 rings (SSSR count). The molecule has 0 saturated heterocycles. The number of carboxylic acids is 2. The highest BCUT2D eigenvalue weighted by Crippen LogP contribution is 2.31. The molecule has 2 aromatic heterocycles. The minimum Gasteiger partial charge on any atom is -0.492 e. The van der Waals surface area contributed by atoms with Crippen molar-refractivity contribution >= 4 is 34.9 Å². The Bertz CT molecular complexity index is 1930. The van der Waals surface area contributed by atoms with Gasteiger partial charge in [0.1, 0.15) is 11.6 Å². The quantitative estimate of drug-likeness (QED) is 0.0960. The molecule has 0 saturated carbocycles. The van der Waals surface area contributed by atoms with Gasteiger partial charge in [0, 0.05) is 23.0 Å². The highest BCUT2D eigenvalue weighted by atomic mass is 16.5. The standard InChI is InChI=1S/C33H34N6O8/c1-19-4-6-27(45-10-8-31(40)41)25(12-19)33(44)35-24-15-22(26-17-30-37-36-21(3)39(30)38-26)14-23(16-24)34-18-47-29-13-20(2)5-7-28(29)46-11-9-32(42)43/h4-7,12-17,34,38H,8-11,18H2,1-3H3,(H,35,44)(H,40,41)(H,42,43). The monoisotopic (exact) mass is 642 g/mol. The summed E-state index contributed by atoms with van der Waals surface area (Å²) in [6.45, 7) is 5.50. The summed E-state index contributed by atoms with van der Waals surface area (Å²) in [5, 5.41) is 35.6. The van der Waals surface area contributed by atoms with Crippen molar-refractivity contribution in [3.63, 3.8) is 0 Å². The Kier molecular flexibility index (Phi) is 9.89. The van der Waals surface area contributed by atoms with Crippen molar-refractivity contribution in [1.29, 1.82) is 0 Å². The average molecular weight is 643 g/mol. The SMILES string of the molecule is Cc1ccc(OCCC(=O)O)c(OCNc2cc(NC(=O)c3cc(C)ccc3OCCC(=O)O)cc(-c3cc4nnc(C)n4[nH]3)c2)c1. The van der Waals surface area contributed by atoms with E-state index in [1.165, 1.54) is 0 Å². The van der Waals surface area contributed by atoms with E-state index < -0.39 is 17.8 Å². The molecule has 0 fully saturated rings. The van der Waals surface area contributed by atoms with E-state index in [2.05, 4.69) is 25.9 Å². The van der Waals surface area contributed by atoms with Crippen LogP contribution in [0.25, 0.3) is 16.9 Å². The molecule has 0 radical (unpaired) electrons. The number of carbonyl (C=O) groups excluding carboxylic acids is 1. The number of ether oxygens (including phenoxy) is 3. The van der Waals surface area contributed by atoms with E-state index in [-0.39, 0.29) is 44.1 Å². The van der Waals surface area contributed by atoms with Crippen LogP contribution in [0, 0.1) is 20.8 Å². The molecule has 14 heteroatoms. The van der Waals surface area contributed by atoms with Crippen LogP contribution in [0.15, 0.2) is 60.7 Å². The number of carbonyl (C=O) groups is 3. The molecule has 0 atom stereocenters. The number of hydrogen-bond acceptors (Lipinski definition) is 9. The molecule has 0 bridgehead atoms. The number of amides is 1. The lowest BCUT2D eigenvalue weighted by Gasteiger charge is -2.16. The van der Waals surface area contributed by atoms with Crippen molar-refractivity contribution in [2.45, 2.75) is 33.6 Å². The Labute approximate surface area is 269 Å². The number of fused-ring (bicyclic) bond motifs is 1. The van der Waals surface area contributed by atoms with Crippen LogP contribution in [0.4, 0.5) is 11.4 Å². The van der Waals surface area contributed by atoms with Crippen molar-refractivity contribution in [1.82, 2.24) is 19.8 Å². The fraction of sp³-hybridized carbons (Fsp3) is 0.242. The first-order valence-corrected chi connectivity index (χ1v) is 14.7. The van der Waals surface area contributed by atoms with Crippen LogP contribution in [-0.4, -0.2) is 67.8 Å². The minimum atomic E-state index is -1.00. The third-order valence-electron chi connectivity index (χ3n) is 6.99. The van der Waals surface area contributed by atoms with Gasteiger partial charge in [0.25, 0.3) is 5.91 Å². The molecule has 0 spiro atoms. The average Bonchev–Trinajstić information content (AvgIpc) is 3.60. The van der Waals surface area contributed by atoms with Gasteiger partial charge >= 0.3 is 11.9 Å². The maximum atomic E-state index is 13.6. The van der Waals surface area contributed by atoms with E-state index in [1.807, 2.05) is 39.0 Å². The smallest absolute Gasteiger partial charge is 0.306 e. The molecule has 5 aromatic rings. The van der Waals surface area contributed by atoms with Gasteiger partial charge in [0.05, 0.1) is 37.3 Å². The lowest BCUT2D eigenvalue weighted by molar-refractivity contribution is -0.138. The van der Waals surface area contributed by atoms with E-state index in [0.29, 0.717) is 34.3 Å². The van der Waals surface area contributed by atoms with Gasteiger partial charge in [-0.15, -0.1) is 10.2 Å². The topological polar surface area (TPSA) is 189 Å². The van der Waals surface area contributed by atoms with Crippen molar-refractivity contribution in [3.8, 4) is 28.5 Å². The summed E-state index contributed by atoms with van der Waals surface area (Å²) in [5.41, 5.74) is 5.17. The number of carboxylic acid groups (broad SMARTS) is 2. The molecule has 3 aromatic carbocycles. The summed E-state index contributed by atoms with van der Waals surface area (Å²) < 4.78 is 19.0. The normalized spacial score (nSPS) is 10.9. The number of anilines is 2. The summed E-state index contributed by atoms with van der Waals surface area (Å²) in [4.78, 5) is 35.5. The molecule has 14 nitrogen and oxygen atoms in total. The second-order valence-electron chi connectivity index (χ2n) is 10.8. The van der Waals surface area contributed by atoms with E-state index in [0.717, 1.165) is 22.4 Å². The highest BCUT2D eigenvalue weighted by molar-refractivity contribution is 6.06. The van der Waals surface area contributed by atoms with Gasteiger partial charge in [-0.25, -0.2) is 4.52 Å². The molecule has 1 amide bonds. The lowest BCUT2D eigenvalue weighted by Crippen LogP contribution is -2.16. The Morgan fingerprint density at radius 1 is 0.766 bits per heavy atom. The highest BCUT2D eigenvalue weighted by Gasteiger charge is 2.17. The first-order valence-electron chi connectivity index (χ1n) is 14.7. The van der Waals surface area contributed by atoms with Crippen LogP contribution in [0.3, 0.4) is 0 Å². The number of aromatic nitrogens is 4. The molecular weight excluding hydrogens is 608 g/mol. The summed E-state index contributed by atoms with van der Waals surface area (Å²) in [7, 11) is 0. The number of nitrogens with one attached hydrogen (secondary N) is 3. The fourth-order valence-corrected chi connectivity index (χ4v) is 4.68. The number of aryl methyl sites for hydroxylation is 3. The minimum absolute atomic E-state index is 0.00482. The third kappa shape index (κ3) is 8.36. The predicted molar refractivity (Wildman–Crippen MR) is 172 cm³/mol. The van der Waals surface area contributed by atoms with Gasteiger partial charge in [0.2, 0.25) is 0 Å². The maximum Gasteiger partial charge on any atom is 0.306 e. The first-order chi connectivity index (χ1) is 22.5. The number of benzene rings is 3. The van der Waals surface area contributed by atoms with Gasteiger partial charge in [-0.1, -0.05) is 17.7 Å². The maximum absolute atomic E-state index is 13.6. The van der Waals surface area contributed by atoms with E-state index in [9.17, 15) is 14.4 Å². The number of aliphatic carboxylic acids is 2. The Balaban J connectivity index is 1.39. The lowest BCUT2D eigenvalue weighted by atomic mass is 10.1. The van der Waals surface area contributed by atoms with Crippen molar-refractivity contribution in [3.05, 3.63) is 83.2 Å². The van der Waals surface area contributed by atoms with Crippen LogP contribution in [-0.2, 0) is 9.59 Å². The molecule has 0 aliphatic heterocycles. The Morgan fingerprint density at radius 2 is 1.43 bits per heavy atom. The summed E-state index contributed by atoms with van der Waals surface area (Å²) >= 11 is 0. The first kappa shape index (κ1) is 32.3. The molecular formula is C33H34N6O8. The van der Waals surface area contributed by atoms with Gasteiger partial charge in [-0.2, -0.15) is 0 Å². The van der Waals surface area contributed by atoms with E-state index >= 15 is 0 Å². The predicted octanol–water partition coefficient (Wildman–Crippen LogP) is 5.06. The molecule has 244 valence electrons. The summed E-state index contributed by atoms with van der Waals surface area (Å²) in [5.74, 6) is -0.606. The van der Waals surface area contributed by atoms with Crippen LogP contribution >= 0.6 is 0 Å². The largest absolute Gasteiger partial charge is 0.492 e. The van der Waals surface area contributed by atoms with Crippen LogP contribution < -0.4 is 24.8 Å². The van der Waals surface area contributed by atoms with Crippen molar-refractivity contribution in [2.75, 3.05) is 30.6 Å². The molecule has 5 N–H and O–H groups in total.